The van der Waals surface area contributed by atoms with Crippen LogP contribution >= 0.6 is 0 Å². The van der Waals surface area contributed by atoms with E-state index in [2.05, 4.69) is 0 Å². The Morgan fingerprint density at radius 2 is 2.00 bits per heavy atom. The molecule has 2 aliphatic rings. The molecule has 2 fully saturated rings. The van der Waals surface area contributed by atoms with Crippen LogP contribution in [0.2, 0.25) is 0 Å². The van der Waals surface area contributed by atoms with Gasteiger partial charge in [-0.1, -0.05) is 6.92 Å². The molecule has 2 saturated heterocycles. The van der Waals surface area contributed by atoms with Crippen LogP contribution in [0.25, 0.3) is 0 Å². The number of hydrogen-bond donors (Lipinski definition) is 0. The van der Waals surface area contributed by atoms with Gasteiger partial charge in [0, 0.05) is 35.4 Å². The second kappa shape index (κ2) is 6.03. The average Bonchev–Trinajstić information content (AvgIpc) is 2.44. The first-order chi connectivity index (χ1) is 9.06. The van der Waals surface area contributed by atoms with Crippen molar-refractivity contribution in [2.45, 2.75) is 45.2 Å². The lowest BCUT2D eigenvalue weighted by Crippen LogP contribution is -2.65. The van der Waals surface area contributed by atoms with Crippen LogP contribution in [-0.4, -0.2) is 62.5 Å². The van der Waals surface area contributed by atoms with E-state index in [1.54, 1.807) is 16.7 Å². The molecule has 0 aliphatic carbocycles. The number of fused-ring (bicyclic) bond motifs is 1. The number of piperidine rings is 1. The first-order valence-electron chi connectivity index (χ1n) is 7.02. The second-order valence-electron chi connectivity index (χ2n) is 5.18. The Labute approximate surface area is 116 Å². The van der Waals surface area contributed by atoms with Crippen molar-refractivity contribution in [2.75, 3.05) is 24.6 Å². The molecule has 2 aliphatic heterocycles. The molecular formula is C13H22N2O3S. The van der Waals surface area contributed by atoms with Gasteiger partial charge < -0.3 is 9.80 Å². The smallest absolute Gasteiger partial charge is 0.246 e. The molecule has 2 rings (SSSR count). The van der Waals surface area contributed by atoms with Crippen molar-refractivity contribution in [3.8, 4) is 0 Å². The molecule has 0 N–H and O–H groups in total. The summed E-state index contributed by atoms with van der Waals surface area (Å²) in [4.78, 5) is 28.1. The normalized spacial score (nSPS) is 29.4. The molecule has 0 saturated carbocycles. The number of hydrogen-bond acceptors (Lipinski definition) is 3. The van der Waals surface area contributed by atoms with Gasteiger partial charge in [-0.25, -0.2) is 0 Å². The Morgan fingerprint density at radius 3 is 2.68 bits per heavy atom. The standard InChI is InChI=1S/C13H22N2O3S/c1-3-19(18)9-8-14-10(2)12(16)15-7-5-4-6-11(15)13(14)17/h10-11H,3-9H2,1-2H3. The van der Waals surface area contributed by atoms with Crippen molar-refractivity contribution in [2.24, 2.45) is 0 Å². The van der Waals surface area contributed by atoms with Crippen molar-refractivity contribution in [3.05, 3.63) is 0 Å². The van der Waals surface area contributed by atoms with Gasteiger partial charge in [-0.3, -0.25) is 13.8 Å². The van der Waals surface area contributed by atoms with Gasteiger partial charge in [0.05, 0.1) is 0 Å². The highest BCUT2D eigenvalue weighted by molar-refractivity contribution is 7.84. The lowest BCUT2D eigenvalue weighted by Gasteiger charge is -2.46. The van der Waals surface area contributed by atoms with Gasteiger partial charge in [-0.05, 0) is 26.2 Å². The van der Waals surface area contributed by atoms with Gasteiger partial charge in [-0.2, -0.15) is 0 Å². The molecule has 2 amide bonds. The minimum Gasteiger partial charge on any atom is -0.329 e. The fourth-order valence-electron chi connectivity index (χ4n) is 2.86. The maximum absolute atomic E-state index is 12.4. The monoisotopic (exact) mass is 286 g/mol. The minimum atomic E-state index is -0.898. The topological polar surface area (TPSA) is 57.7 Å². The average molecular weight is 286 g/mol. The Hall–Kier alpha value is -0.910. The summed E-state index contributed by atoms with van der Waals surface area (Å²) in [6.07, 6.45) is 2.76. The van der Waals surface area contributed by atoms with E-state index >= 15 is 0 Å². The third-order valence-electron chi connectivity index (χ3n) is 4.06. The quantitative estimate of drug-likeness (QED) is 0.750. The molecule has 0 aromatic carbocycles. The number of nitrogens with zero attached hydrogens (tertiary/aromatic N) is 2. The molecular weight excluding hydrogens is 264 g/mol. The molecule has 2 heterocycles. The van der Waals surface area contributed by atoms with Gasteiger partial charge in [0.2, 0.25) is 11.8 Å². The Kier molecular flexibility index (Phi) is 4.60. The van der Waals surface area contributed by atoms with Crippen molar-refractivity contribution in [1.82, 2.24) is 9.80 Å². The molecule has 0 aromatic heterocycles. The molecule has 5 nitrogen and oxygen atoms in total. The van der Waals surface area contributed by atoms with E-state index in [4.69, 9.17) is 0 Å². The van der Waals surface area contributed by atoms with Crippen molar-refractivity contribution in [1.29, 1.82) is 0 Å². The Morgan fingerprint density at radius 1 is 1.26 bits per heavy atom. The van der Waals surface area contributed by atoms with Crippen LogP contribution in [0.1, 0.15) is 33.1 Å². The summed E-state index contributed by atoms with van der Waals surface area (Å²) < 4.78 is 11.5. The fourth-order valence-corrected chi connectivity index (χ4v) is 3.54. The highest BCUT2D eigenvalue weighted by Gasteiger charge is 2.44. The van der Waals surface area contributed by atoms with Crippen molar-refractivity contribution >= 4 is 22.6 Å². The number of carbonyl (C=O) groups excluding carboxylic acids is 2. The van der Waals surface area contributed by atoms with E-state index in [1.807, 2.05) is 6.92 Å². The molecule has 6 heteroatoms. The van der Waals surface area contributed by atoms with Gasteiger partial charge >= 0.3 is 0 Å². The van der Waals surface area contributed by atoms with Crippen LogP contribution < -0.4 is 0 Å². The maximum atomic E-state index is 12.4. The number of carbonyl (C=O) groups is 2. The van der Waals surface area contributed by atoms with Crippen LogP contribution in [0, 0.1) is 0 Å². The lowest BCUT2D eigenvalue weighted by molar-refractivity contribution is -0.162. The number of piperazine rings is 1. The minimum absolute atomic E-state index is 0.0416. The Balaban J connectivity index is 2.08. The van der Waals surface area contributed by atoms with E-state index in [0.717, 1.165) is 19.3 Å². The van der Waals surface area contributed by atoms with Crippen molar-refractivity contribution in [3.63, 3.8) is 0 Å². The van der Waals surface area contributed by atoms with Crippen LogP contribution in [0.4, 0.5) is 0 Å². The van der Waals surface area contributed by atoms with E-state index in [1.165, 1.54) is 0 Å². The van der Waals surface area contributed by atoms with Crippen LogP contribution in [-0.2, 0) is 20.4 Å². The molecule has 0 spiro atoms. The number of amides is 2. The van der Waals surface area contributed by atoms with Gasteiger partial charge in [0.1, 0.15) is 12.1 Å². The van der Waals surface area contributed by atoms with Crippen molar-refractivity contribution < 1.29 is 13.8 Å². The molecule has 3 atom stereocenters. The van der Waals surface area contributed by atoms with Crippen LogP contribution in [0.15, 0.2) is 0 Å². The summed E-state index contributed by atoms with van der Waals surface area (Å²) in [5.41, 5.74) is 0. The van der Waals surface area contributed by atoms with Gasteiger partial charge in [0.15, 0.2) is 0 Å². The fraction of sp³-hybridized carbons (Fsp3) is 0.846. The number of rotatable bonds is 4. The summed E-state index contributed by atoms with van der Waals surface area (Å²) in [5, 5.41) is 0. The Bertz CT molecular complexity index is 399. The molecule has 0 radical (unpaired) electrons. The maximum Gasteiger partial charge on any atom is 0.246 e. The molecule has 0 aromatic rings. The summed E-state index contributed by atoms with van der Waals surface area (Å²) in [6, 6.07) is -0.678. The summed E-state index contributed by atoms with van der Waals surface area (Å²) in [5.74, 6) is 1.15. The summed E-state index contributed by atoms with van der Waals surface area (Å²) in [7, 11) is -0.898. The molecule has 0 bridgehead atoms. The van der Waals surface area contributed by atoms with Gasteiger partial charge in [0.25, 0.3) is 0 Å². The third kappa shape index (κ3) is 2.83. The molecule has 19 heavy (non-hydrogen) atoms. The lowest BCUT2D eigenvalue weighted by atomic mass is 9.96. The second-order valence-corrected chi connectivity index (χ2v) is 7.05. The first kappa shape index (κ1) is 14.5. The highest BCUT2D eigenvalue weighted by atomic mass is 32.2. The third-order valence-corrected chi connectivity index (χ3v) is 5.34. The zero-order valence-electron chi connectivity index (χ0n) is 11.6. The first-order valence-corrected chi connectivity index (χ1v) is 8.51. The summed E-state index contributed by atoms with van der Waals surface area (Å²) in [6.45, 7) is 4.77. The molecule has 108 valence electrons. The highest BCUT2D eigenvalue weighted by Crippen LogP contribution is 2.25. The van der Waals surface area contributed by atoms with E-state index < -0.39 is 16.8 Å². The SMILES string of the molecule is CCS(=O)CCN1C(=O)C2CCCCN2C(=O)C1C. The van der Waals surface area contributed by atoms with Gasteiger partial charge in [-0.15, -0.1) is 0 Å². The largest absolute Gasteiger partial charge is 0.329 e. The van der Waals surface area contributed by atoms with Crippen LogP contribution in [0.3, 0.4) is 0 Å². The van der Waals surface area contributed by atoms with E-state index in [9.17, 15) is 13.8 Å². The van der Waals surface area contributed by atoms with E-state index in [0.29, 0.717) is 24.6 Å². The zero-order valence-corrected chi connectivity index (χ0v) is 12.4. The van der Waals surface area contributed by atoms with E-state index in [-0.39, 0.29) is 17.9 Å². The summed E-state index contributed by atoms with van der Waals surface area (Å²) >= 11 is 0. The zero-order chi connectivity index (χ0) is 14.0. The molecule has 3 unspecified atom stereocenters. The van der Waals surface area contributed by atoms with Crippen LogP contribution in [0.5, 0.6) is 0 Å². The predicted molar refractivity (Wildman–Crippen MR) is 74.1 cm³/mol. The predicted octanol–water partition coefficient (Wildman–Crippen LogP) is 0.367.